The Morgan fingerprint density at radius 3 is 2.76 bits per heavy atom. The molecule has 2 saturated heterocycles. The van der Waals surface area contributed by atoms with Crippen LogP contribution in [0.5, 0.6) is 0 Å². The fourth-order valence-electron chi connectivity index (χ4n) is 4.75. The molecule has 1 aromatic rings. The molecule has 29 heavy (non-hydrogen) atoms. The molecule has 3 fully saturated rings. The Labute approximate surface area is 169 Å². The van der Waals surface area contributed by atoms with Gasteiger partial charge in [0.15, 0.2) is 0 Å². The molecule has 4 rings (SSSR count). The maximum absolute atomic E-state index is 13.5. The molecular weight excluding hydrogens is 375 g/mol. The topological polar surface area (TPSA) is 81.8 Å². The van der Waals surface area contributed by atoms with Crippen LogP contribution in [0.4, 0.5) is 14.9 Å². The van der Waals surface area contributed by atoms with Crippen molar-refractivity contribution in [2.45, 2.75) is 63.1 Å². The standard InChI is InChI=1S/C21H27FN4O3/c1-14(26-19(28)21(24-20(26)29)9-2-3-10-21)18(27)23-16-7-5-11-25(13-16)17-8-4-6-15(22)12-17/h4,6,8,12,14,16H,2-3,5,7,9-11,13H2,1H3,(H,23,27)(H,24,29). The molecule has 7 nitrogen and oxygen atoms in total. The monoisotopic (exact) mass is 402 g/mol. The van der Waals surface area contributed by atoms with E-state index in [0.29, 0.717) is 19.4 Å². The van der Waals surface area contributed by atoms with Crippen LogP contribution in [0.2, 0.25) is 0 Å². The largest absolute Gasteiger partial charge is 0.369 e. The van der Waals surface area contributed by atoms with Crippen LogP contribution in [0.25, 0.3) is 0 Å². The minimum atomic E-state index is -0.868. The lowest BCUT2D eigenvalue weighted by atomic mass is 9.97. The van der Waals surface area contributed by atoms with Crippen molar-refractivity contribution in [2.24, 2.45) is 0 Å². The molecule has 2 N–H and O–H groups in total. The van der Waals surface area contributed by atoms with Crippen molar-refractivity contribution in [1.29, 1.82) is 0 Å². The highest BCUT2D eigenvalue weighted by Crippen LogP contribution is 2.35. The van der Waals surface area contributed by atoms with Gasteiger partial charge in [-0.3, -0.25) is 9.59 Å². The van der Waals surface area contributed by atoms with Gasteiger partial charge in [-0.2, -0.15) is 0 Å². The van der Waals surface area contributed by atoms with Gasteiger partial charge in [0.1, 0.15) is 17.4 Å². The van der Waals surface area contributed by atoms with E-state index in [9.17, 15) is 18.8 Å². The number of carbonyl (C=O) groups is 3. The number of urea groups is 1. The predicted molar refractivity (Wildman–Crippen MR) is 106 cm³/mol. The van der Waals surface area contributed by atoms with Gasteiger partial charge in [-0.25, -0.2) is 14.1 Å². The van der Waals surface area contributed by atoms with Crippen LogP contribution >= 0.6 is 0 Å². The molecule has 2 heterocycles. The number of nitrogens with one attached hydrogen (secondary N) is 2. The van der Waals surface area contributed by atoms with Gasteiger partial charge in [0, 0.05) is 24.8 Å². The number of hydrogen-bond donors (Lipinski definition) is 2. The van der Waals surface area contributed by atoms with Crippen molar-refractivity contribution >= 4 is 23.5 Å². The second-order valence-electron chi connectivity index (χ2n) is 8.34. The Bertz CT molecular complexity index is 824. The maximum atomic E-state index is 13.5. The van der Waals surface area contributed by atoms with Crippen molar-refractivity contribution < 1.29 is 18.8 Å². The summed E-state index contributed by atoms with van der Waals surface area (Å²) in [5, 5.41) is 5.80. The first-order chi connectivity index (χ1) is 13.9. The van der Waals surface area contributed by atoms with Gasteiger partial charge < -0.3 is 15.5 Å². The number of halogens is 1. The van der Waals surface area contributed by atoms with Crippen molar-refractivity contribution in [3.8, 4) is 0 Å². The second-order valence-corrected chi connectivity index (χ2v) is 8.34. The lowest BCUT2D eigenvalue weighted by molar-refractivity contribution is -0.138. The molecule has 2 aliphatic heterocycles. The Morgan fingerprint density at radius 2 is 2.03 bits per heavy atom. The third-order valence-corrected chi connectivity index (χ3v) is 6.36. The highest BCUT2D eigenvalue weighted by molar-refractivity contribution is 6.10. The molecule has 2 atom stereocenters. The lowest BCUT2D eigenvalue weighted by Crippen LogP contribution is -2.54. The van der Waals surface area contributed by atoms with Crippen LogP contribution < -0.4 is 15.5 Å². The van der Waals surface area contributed by atoms with Gasteiger partial charge in [-0.15, -0.1) is 0 Å². The third kappa shape index (κ3) is 3.68. The average molecular weight is 402 g/mol. The normalized spacial score (nSPS) is 24.7. The first kappa shape index (κ1) is 19.7. The summed E-state index contributed by atoms with van der Waals surface area (Å²) in [6, 6.07) is 4.94. The van der Waals surface area contributed by atoms with E-state index in [1.165, 1.54) is 12.1 Å². The van der Waals surface area contributed by atoms with Crippen LogP contribution in [-0.2, 0) is 9.59 Å². The Morgan fingerprint density at radius 1 is 1.28 bits per heavy atom. The number of imide groups is 1. The Kier molecular flexibility index (Phi) is 5.19. The summed E-state index contributed by atoms with van der Waals surface area (Å²) >= 11 is 0. The quantitative estimate of drug-likeness (QED) is 0.757. The third-order valence-electron chi connectivity index (χ3n) is 6.36. The fraction of sp³-hybridized carbons (Fsp3) is 0.571. The SMILES string of the molecule is CC(C(=O)NC1CCCN(c2cccc(F)c2)C1)N1C(=O)NC2(CCCC2)C1=O. The number of benzene rings is 1. The minimum Gasteiger partial charge on any atom is -0.369 e. The number of rotatable bonds is 4. The molecule has 0 bridgehead atoms. The molecule has 0 radical (unpaired) electrons. The summed E-state index contributed by atoms with van der Waals surface area (Å²) in [6.45, 7) is 2.95. The van der Waals surface area contributed by atoms with Crippen molar-refractivity contribution in [2.75, 3.05) is 18.0 Å². The summed E-state index contributed by atoms with van der Waals surface area (Å²) in [6.07, 6.45) is 4.73. The highest BCUT2D eigenvalue weighted by atomic mass is 19.1. The zero-order valence-corrected chi connectivity index (χ0v) is 16.6. The molecule has 1 saturated carbocycles. The first-order valence-electron chi connectivity index (χ1n) is 10.4. The van der Waals surface area contributed by atoms with E-state index in [1.54, 1.807) is 13.0 Å². The number of carbonyl (C=O) groups excluding carboxylic acids is 3. The van der Waals surface area contributed by atoms with Gasteiger partial charge in [0.25, 0.3) is 5.91 Å². The van der Waals surface area contributed by atoms with E-state index < -0.39 is 17.6 Å². The highest BCUT2D eigenvalue weighted by Gasteiger charge is 2.54. The molecule has 4 amide bonds. The Hall–Kier alpha value is -2.64. The van der Waals surface area contributed by atoms with Crippen LogP contribution in [0.1, 0.15) is 45.4 Å². The van der Waals surface area contributed by atoms with E-state index >= 15 is 0 Å². The molecule has 1 aliphatic carbocycles. The van der Waals surface area contributed by atoms with Crippen LogP contribution in [0.15, 0.2) is 24.3 Å². The summed E-state index contributed by atoms with van der Waals surface area (Å²) in [4.78, 5) is 41.2. The van der Waals surface area contributed by atoms with E-state index in [0.717, 1.165) is 42.8 Å². The van der Waals surface area contributed by atoms with Crippen molar-refractivity contribution in [3.05, 3.63) is 30.1 Å². The molecule has 3 aliphatic rings. The Balaban J connectivity index is 1.39. The fourth-order valence-corrected chi connectivity index (χ4v) is 4.75. The molecule has 2 unspecified atom stereocenters. The van der Waals surface area contributed by atoms with Gasteiger partial charge in [-0.1, -0.05) is 18.9 Å². The van der Waals surface area contributed by atoms with E-state index in [-0.39, 0.29) is 23.7 Å². The maximum Gasteiger partial charge on any atom is 0.325 e. The van der Waals surface area contributed by atoms with Crippen molar-refractivity contribution in [3.63, 3.8) is 0 Å². The number of amides is 4. The summed E-state index contributed by atoms with van der Waals surface area (Å²) in [7, 11) is 0. The van der Waals surface area contributed by atoms with Gasteiger partial charge in [0.05, 0.1) is 0 Å². The summed E-state index contributed by atoms with van der Waals surface area (Å²) in [5.41, 5.74) is -0.0285. The molecule has 1 aromatic carbocycles. The van der Waals surface area contributed by atoms with Crippen LogP contribution in [0.3, 0.4) is 0 Å². The van der Waals surface area contributed by atoms with Crippen LogP contribution in [-0.4, -0.2) is 53.5 Å². The smallest absolute Gasteiger partial charge is 0.325 e. The molecule has 0 aromatic heterocycles. The summed E-state index contributed by atoms with van der Waals surface area (Å²) < 4.78 is 13.5. The second kappa shape index (κ2) is 7.65. The zero-order chi connectivity index (χ0) is 20.6. The average Bonchev–Trinajstić information content (AvgIpc) is 3.26. The van der Waals surface area contributed by atoms with E-state index in [2.05, 4.69) is 10.6 Å². The number of piperidine rings is 1. The molecule has 156 valence electrons. The van der Waals surface area contributed by atoms with Gasteiger partial charge in [-0.05, 0) is 50.8 Å². The zero-order valence-electron chi connectivity index (χ0n) is 16.6. The lowest BCUT2D eigenvalue weighted by Gasteiger charge is -2.35. The molecule has 8 heteroatoms. The minimum absolute atomic E-state index is 0.122. The molecule has 1 spiro atoms. The first-order valence-corrected chi connectivity index (χ1v) is 10.4. The van der Waals surface area contributed by atoms with Crippen molar-refractivity contribution in [1.82, 2.24) is 15.5 Å². The number of nitrogens with zero attached hydrogens (tertiary/aromatic N) is 2. The summed E-state index contributed by atoms with van der Waals surface area (Å²) in [5.74, 6) is -0.913. The van der Waals surface area contributed by atoms with Crippen LogP contribution in [0, 0.1) is 5.82 Å². The number of anilines is 1. The van der Waals surface area contributed by atoms with E-state index in [1.807, 2.05) is 11.0 Å². The molecular formula is C21H27FN4O3. The van der Waals surface area contributed by atoms with Gasteiger partial charge >= 0.3 is 6.03 Å². The van der Waals surface area contributed by atoms with E-state index in [4.69, 9.17) is 0 Å². The number of hydrogen-bond acceptors (Lipinski definition) is 4. The predicted octanol–water partition coefficient (Wildman–Crippen LogP) is 2.16. The van der Waals surface area contributed by atoms with Gasteiger partial charge in [0.2, 0.25) is 5.91 Å².